The molecule has 1 saturated heterocycles. The first-order chi connectivity index (χ1) is 10.6. The highest BCUT2D eigenvalue weighted by Crippen LogP contribution is 2.35. The van der Waals surface area contributed by atoms with Gasteiger partial charge in [0.2, 0.25) is 5.28 Å². The van der Waals surface area contributed by atoms with Crippen LogP contribution in [0.15, 0.2) is 5.03 Å². The van der Waals surface area contributed by atoms with Crippen molar-refractivity contribution in [1.29, 1.82) is 0 Å². The quantitative estimate of drug-likeness (QED) is 0.463. The molecule has 2 aromatic heterocycles. The SMILES string of the molecule is CSc1nc(Cl)c(F)c2nc(Cl)nc(N3CCCOCC3)c12. The third-order valence-corrected chi connectivity index (χ3v) is 4.48. The maximum Gasteiger partial charge on any atom is 0.225 e. The van der Waals surface area contributed by atoms with Crippen molar-refractivity contribution in [1.82, 2.24) is 15.0 Å². The summed E-state index contributed by atoms with van der Waals surface area (Å²) in [5.41, 5.74) is 0.101. The fraction of sp³-hybridized carbons (Fsp3) is 0.462. The summed E-state index contributed by atoms with van der Waals surface area (Å²) in [6.45, 7) is 2.68. The minimum absolute atomic E-state index is 0.0131. The molecule has 1 aliphatic heterocycles. The minimum Gasteiger partial charge on any atom is -0.380 e. The second kappa shape index (κ2) is 6.70. The summed E-state index contributed by atoms with van der Waals surface area (Å²) in [5.74, 6) is -0.0981. The predicted octanol–water partition coefficient (Wildman–Crippen LogP) is 3.42. The molecule has 0 unspecified atom stereocenters. The van der Waals surface area contributed by atoms with E-state index in [1.807, 2.05) is 11.2 Å². The molecule has 3 rings (SSSR count). The highest BCUT2D eigenvalue weighted by Gasteiger charge is 2.23. The first-order valence-electron chi connectivity index (χ1n) is 6.70. The molecule has 1 fully saturated rings. The maximum atomic E-state index is 14.3. The van der Waals surface area contributed by atoms with Crippen molar-refractivity contribution in [3.8, 4) is 0 Å². The lowest BCUT2D eigenvalue weighted by molar-refractivity contribution is 0.152. The van der Waals surface area contributed by atoms with Crippen molar-refractivity contribution < 1.29 is 9.13 Å². The van der Waals surface area contributed by atoms with Gasteiger partial charge in [-0.3, -0.25) is 0 Å². The van der Waals surface area contributed by atoms with Crippen LogP contribution in [0.2, 0.25) is 10.4 Å². The average molecular weight is 363 g/mol. The highest BCUT2D eigenvalue weighted by molar-refractivity contribution is 7.98. The molecule has 0 aromatic carbocycles. The lowest BCUT2D eigenvalue weighted by Crippen LogP contribution is -2.27. The standard InChI is InChI=1S/C13H13Cl2FN4OS/c1-22-12-7-9(8(16)10(14)18-12)17-13(15)19-11(7)20-3-2-5-21-6-4-20/h2-6H2,1H3. The lowest BCUT2D eigenvalue weighted by Gasteiger charge is -2.23. The summed E-state index contributed by atoms with van der Waals surface area (Å²) in [6, 6.07) is 0. The Balaban J connectivity index is 2.26. The van der Waals surface area contributed by atoms with Crippen LogP contribution in [-0.2, 0) is 4.74 Å². The van der Waals surface area contributed by atoms with E-state index in [0.717, 1.165) is 13.0 Å². The van der Waals surface area contributed by atoms with Gasteiger partial charge in [-0.2, -0.15) is 4.98 Å². The Labute approximate surface area is 141 Å². The molecule has 0 spiro atoms. The van der Waals surface area contributed by atoms with Crippen LogP contribution in [0.25, 0.3) is 10.9 Å². The maximum absolute atomic E-state index is 14.3. The van der Waals surface area contributed by atoms with Crippen LogP contribution in [0.5, 0.6) is 0 Å². The number of fused-ring (bicyclic) bond motifs is 1. The van der Waals surface area contributed by atoms with Crippen molar-refractivity contribution in [2.45, 2.75) is 11.4 Å². The van der Waals surface area contributed by atoms with Gasteiger partial charge in [-0.1, -0.05) is 11.6 Å². The van der Waals surface area contributed by atoms with Crippen LogP contribution < -0.4 is 4.90 Å². The van der Waals surface area contributed by atoms with E-state index in [4.69, 9.17) is 27.9 Å². The number of aromatic nitrogens is 3. The van der Waals surface area contributed by atoms with Crippen molar-refractivity contribution in [2.24, 2.45) is 0 Å². The molecule has 3 heterocycles. The summed E-state index contributed by atoms with van der Waals surface area (Å²) >= 11 is 13.2. The normalized spacial score (nSPS) is 16.1. The molecule has 0 amide bonds. The van der Waals surface area contributed by atoms with E-state index in [-0.39, 0.29) is 16.0 Å². The number of pyridine rings is 1. The predicted molar refractivity (Wildman–Crippen MR) is 86.7 cm³/mol. The highest BCUT2D eigenvalue weighted by atomic mass is 35.5. The molecular weight excluding hydrogens is 350 g/mol. The molecule has 0 radical (unpaired) electrons. The average Bonchev–Trinajstić information content (AvgIpc) is 2.79. The van der Waals surface area contributed by atoms with Gasteiger partial charge < -0.3 is 9.64 Å². The number of thioether (sulfide) groups is 1. The molecule has 5 nitrogen and oxygen atoms in total. The summed E-state index contributed by atoms with van der Waals surface area (Å²) in [5, 5.41) is 0.900. The van der Waals surface area contributed by atoms with Gasteiger partial charge in [0.25, 0.3) is 0 Å². The Hall–Kier alpha value is -0.890. The van der Waals surface area contributed by atoms with E-state index in [1.165, 1.54) is 11.8 Å². The molecule has 0 atom stereocenters. The van der Waals surface area contributed by atoms with Gasteiger partial charge in [0.15, 0.2) is 11.0 Å². The first-order valence-corrected chi connectivity index (χ1v) is 8.69. The summed E-state index contributed by atoms with van der Waals surface area (Å²) in [7, 11) is 0. The van der Waals surface area contributed by atoms with E-state index in [9.17, 15) is 4.39 Å². The number of rotatable bonds is 2. The zero-order valence-electron chi connectivity index (χ0n) is 11.8. The number of anilines is 1. The van der Waals surface area contributed by atoms with Crippen molar-refractivity contribution in [2.75, 3.05) is 37.5 Å². The second-order valence-electron chi connectivity index (χ2n) is 4.72. The van der Waals surface area contributed by atoms with Crippen LogP contribution in [0.4, 0.5) is 10.2 Å². The van der Waals surface area contributed by atoms with Crippen molar-refractivity contribution in [3.63, 3.8) is 0 Å². The fourth-order valence-electron chi connectivity index (χ4n) is 2.40. The molecule has 0 bridgehead atoms. The Kier molecular flexibility index (Phi) is 4.87. The number of halogens is 3. The van der Waals surface area contributed by atoms with Gasteiger partial charge in [0, 0.05) is 19.7 Å². The van der Waals surface area contributed by atoms with Crippen molar-refractivity contribution in [3.05, 3.63) is 16.3 Å². The molecule has 0 N–H and O–H groups in total. The number of ether oxygens (including phenoxy) is 1. The monoisotopic (exact) mass is 362 g/mol. The zero-order chi connectivity index (χ0) is 15.7. The molecule has 0 aliphatic carbocycles. The van der Waals surface area contributed by atoms with E-state index >= 15 is 0 Å². The van der Waals surface area contributed by atoms with E-state index in [0.29, 0.717) is 36.0 Å². The van der Waals surface area contributed by atoms with Crippen LogP contribution in [0.3, 0.4) is 0 Å². The van der Waals surface area contributed by atoms with Gasteiger partial charge >= 0.3 is 0 Å². The Bertz CT molecular complexity index is 710. The number of hydrogen-bond donors (Lipinski definition) is 0. The van der Waals surface area contributed by atoms with Gasteiger partial charge in [-0.05, 0) is 24.3 Å². The molecule has 1 aliphatic rings. The van der Waals surface area contributed by atoms with Gasteiger partial charge in [0.05, 0.1) is 12.0 Å². The molecule has 9 heteroatoms. The summed E-state index contributed by atoms with van der Waals surface area (Å²) in [6.07, 6.45) is 2.71. The molecule has 22 heavy (non-hydrogen) atoms. The van der Waals surface area contributed by atoms with Gasteiger partial charge in [-0.15, -0.1) is 11.8 Å². The second-order valence-corrected chi connectivity index (χ2v) is 6.21. The van der Waals surface area contributed by atoms with E-state index in [1.54, 1.807) is 0 Å². The Morgan fingerprint density at radius 3 is 2.77 bits per heavy atom. The number of hydrogen-bond acceptors (Lipinski definition) is 6. The largest absolute Gasteiger partial charge is 0.380 e. The van der Waals surface area contributed by atoms with E-state index in [2.05, 4.69) is 15.0 Å². The van der Waals surface area contributed by atoms with Gasteiger partial charge in [0.1, 0.15) is 16.4 Å². The number of nitrogens with zero attached hydrogens (tertiary/aromatic N) is 4. The fourth-order valence-corrected chi connectivity index (χ4v) is 3.37. The topological polar surface area (TPSA) is 51.1 Å². The smallest absolute Gasteiger partial charge is 0.225 e. The Morgan fingerprint density at radius 1 is 1.18 bits per heavy atom. The van der Waals surface area contributed by atoms with Crippen LogP contribution in [0.1, 0.15) is 6.42 Å². The molecular formula is C13H13Cl2FN4OS. The third-order valence-electron chi connectivity index (χ3n) is 3.38. The summed E-state index contributed by atoms with van der Waals surface area (Å²) in [4.78, 5) is 14.4. The zero-order valence-corrected chi connectivity index (χ0v) is 14.1. The van der Waals surface area contributed by atoms with Crippen molar-refractivity contribution >= 4 is 51.7 Å². The molecule has 2 aromatic rings. The molecule has 0 saturated carbocycles. The minimum atomic E-state index is -0.675. The van der Waals surface area contributed by atoms with Crippen LogP contribution in [0, 0.1) is 5.82 Å². The van der Waals surface area contributed by atoms with Crippen LogP contribution in [-0.4, -0.2) is 47.5 Å². The van der Waals surface area contributed by atoms with E-state index < -0.39 is 5.82 Å². The van der Waals surface area contributed by atoms with Crippen LogP contribution >= 0.6 is 35.0 Å². The van der Waals surface area contributed by atoms with Gasteiger partial charge in [-0.25, -0.2) is 14.4 Å². The first kappa shape index (κ1) is 16.0. The lowest BCUT2D eigenvalue weighted by atomic mass is 10.2. The molecule has 118 valence electrons. The summed E-state index contributed by atoms with van der Waals surface area (Å²) < 4.78 is 19.8. The third kappa shape index (κ3) is 2.95. The Morgan fingerprint density at radius 2 is 2.00 bits per heavy atom.